The fourth-order valence-corrected chi connectivity index (χ4v) is 7.33. The molecule has 0 atom stereocenters. The zero-order valence-electron chi connectivity index (χ0n) is 33.4. The molecule has 0 aromatic heterocycles. The van der Waals surface area contributed by atoms with Crippen LogP contribution in [0.25, 0.3) is 0 Å². The number of nitrogens with one attached hydrogen (secondary N) is 2. The van der Waals surface area contributed by atoms with Crippen LogP contribution in [-0.2, 0) is 23.8 Å². The number of hydrogen-bond acceptors (Lipinski definition) is 2. The Bertz CT molecular complexity index is 2010. The molecular weight excluding hydrogens is 651 g/mol. The second-order valence-electron chi connectivity index (χ2n) is 17.2. The van der Waals surface area contributed by atoms with E-state index in [9.17, 15) is 9.59 Å². The lowest BCUT2D eigenvalue weighted by Gasteiger charge is -2.34. The van der Waals surface area contributed by atoms with Crippen molar-refractivity contribution in [3.8, 4) is 0 Å². The molecule has 7 heteroatoms. The van der Waals surface area contributed by atoms with Gasteiger partial charge in [-0.05, 0) is 82.8 Å². The van der Waals surface area contributed by atoms with E-state index in [-0.39, 0.29) is 22.6 Å². The Kier molecular flexibility index (Phi) is 11.5. The van der Waals surface area contributed by atoms with Crippen LogP contribution in [0.4, 0.5) is 11.4 Å². The molecule has 0 heterocycles. The van der Waals surface area contributed by atoms with Crippen LogP contribution in [0.1, 0.15) is 88.7 Å². The Hall–Kier alpha value is -4.98. The van der Waals surface area contributed by atoms with Crippen LogP contribution in [0, 0.1) is 0 Å². The van der Waals surface area contributed by atoms with Crippen molar-refractivity contribution in [1.29, 1.82) is 0 Å². The lowest BCUT2D eigenvalue weighted by atomic mass is 9.74. The maximum absolute atomic E-state index is 13.1. The van der Waals surface area contributed by atoms with Gasteiger partial charge in [0.05, 0.1) is 41.8 Å². The Morgan fingerprint density at radius 3 is 1.15 bits per heavy atom. The normalized spacial score (nSPS) is 12.3. The van der Waals surface area contributed by atoms with Crippen LogP contribution in [0.15, 0.2) is 121 Å². The van der Waals surface area contributed by atoms with Crippen molar-refractivity contribution >= 4 is 30.7 Å². The second kappa shape index (κ2) is 15.6. The summed E-state index contributed by atoms with van der Waals surface area (Å²) in [5.41, 5.74) is 9.56. The van der Waals surface area contributed by atoms with Crippen LogP contribution in [0.3, 0.4) is 0 Å². The van der Waals surface area contributed by atoms with Crippen molar-refractivity contribution in [3.63, 3.8) is 0 Å². The topological polar surface area (TPSA) is 58.2 Å². The third-order valence-electron chi connectivity index (χ3n) is 10.3. The minimum atomic E-state index is -0.240. The van der Waals surface area contributed by atoms with Gasteiger partial charge in [-0.1, -0.05) is 107 Å². The molecule has 5 aromatic carbocycles. The molecule has 0 aliphatic rings. The summed E-state index contributed by atoms with van der Waals surface area (Å²) >= 11 is 0. The zero-order valence-corrected chi connectivity index (χ0v) is 33.4. The minimum absolute atomic E-state index is 0.108. The number of nitrogens with zero attached hydrogens (tertiary/aromatic N) is 2. The summed E-state index contributed by atoms with van der Waals surface area (Å²) in [7, 11) is 12.1. The van der Waals surface area contributed by atoms with Crippen molar-refractivity contribution in [3.05, 3.63) is 166 Å². The van der Waals surface area contributed by atoms with Crippen LogP contribution < -0.4 is 10.6 Å². The number of carbonyl (C=O) groups excluding carboxylic acids is 2. The number of carbonyl (C=O) groups is 2. The van der Waals surface area contributed by atoms with E-state index in [1.807, 2.05) is 60.7 Å². The zero-order chi connectivity index (χ0) is 38.6. The molecule has 0 unspecified atom stereocenters. The first-order valence-electron chi connectivity index (χ1n) is 18.6. The molecule has 5 rings (SSSR count). The largest absolute Gasteiger partial charge is 0.657 e. The molecular formula is C46H57BN4O2+2. The number of quaternary nitrogens is 2. The van der Waals surface area contributed by atoms with Gasteiger partial charge in [0.1, 0.15) is 0 Å². The average molecular weight is 709 g/mol. The van der Waals surface area contributed by atoms with E-state index in [1.54, 1.807) is 0 Å². The van der Waals surface area contributed by atoms with E-state index in [0.717, 1.165) is 40.7 Å². The molecule has 0 saturated carbocycles. The number of aryl methyl sites for hydroxylation is 1. The Morgan fingerprint density at radius 1 is 0.509 bits per heavy atom. The van der Waals surface area contributed by atoms with Gasteiger partial charge in [-0.25, -0.2) is 0 Å². The molecule has 2 N–H and O–H groups in total. The lowest BCUT2D eigenvalue weighted by molar-refractivity contribution is -0.888. The predicted octanol–water partition coefficient (Wildman–Crippen LogP) is 8.95. The average Bonchev–Trinajstić information content (AvgIpc) is 3.11. The molecule has 0 spiro atoms. The molecule has 0 aliphatic heterocycles. The number of rotatable bonds is 13. The summed E-state index contributed by atoms with van der Waals surface area (Å²) in [4.78, 5) is 25.9. The second-order valence-corrected chi connectivity index (χ2v) is 17.2. The lowest BCUT2D eigenvalue weighted by Crippen LogP contribution is -2.56. The first-order chi connectivity index (χ1) is 24.9. The van der Waals surface area contributed by atoms with Crippen molar-refractivity contribution < 1.29 is 18.4 Å². The van der Waals surface area contributed by atoms with E-state index >= 15 is 0 Å². The maximum Gasteiger partial charge on any atom is 0.657 e. The third-order valence-corrected chi connectivity index (χ3v) is 10.3. The summed E-state index contributed by atoms with van der Waals surface area (Å²) in [6.07, 6.45) is 0.948. The molecule has 2 amide bonds. The SMILES string of the molecule is CCc1ccc(C(=O)Nc2ccc(C(C)(C)c3ccc(C(C)(C)c4ccc(NC(=O)c5ccc(C[N+](C)(C)B[N+](C)(C)C)cc5)cc4)cc3)cc2)cc1. The van der Waals surface area contributed by atoms with Gasteiger partial charge in [-0.3, -0.25) is 9.59 Å². The summed E-state index contributed by atoms with van der Waals surface area (Å²) in [6, 6.07) is 40.9. The van der Waals surface area contributed by atoms with E-state index in [4.69, 9.17) is 0 Å². The maximum atomic E-state index is 13.1. The van der Waals surface area contributed by atoms with E-state index in [1.165, 1.54) is 33.4 Å². The van der Waals surface area contributed by atoms with Crippen molar-refractivity contribution in [1.82, 2.24) is 0 Å². The molecule has 0 bridgehead atoms. The molecule has 6 nitrogen and oxygen atoms in total. The van der Waals surface area contributed by atoms with E-state index in [2.05, 4.69) is 141 Å². The first-order valence-corrected chi connectivity index (χ1v) is 18.6. The monoisotopic (exact) mass is 708 g/mol. The standard InChI is InChI=1S/C46H55BN4O2/c1-11-33-12-16-35(17-13-33)43(52)48-41-28-24-39(25-29-41)45(2,3)37-20-22-38(23-21-37)46(4,5)40-26-30-42(31-27-40)49-44(53)36-18-14-34(15-19-36)32-51(9,10)47-50(6,7)8/h12-31,47H,11,32H2,1-10H3/p+2. The van der Waals surface area contributed by atoms with Crippen LogP contribution in [0.5, 0.6) is 0 Å². The molecule has 0 aliphatic carbocycles. The van der Waals surface area contributed by atoms with Crippen molar-refractivity contribution in [2.24, 2.45) is 0 Å². The van der Waals surface area contributed by atoms with Crippen molar-refractivity contribution in [2.45, 2.75) is 58.4 Å². The molecule has 274 valence electrons. The Balaban J connectivity index is 1.20. The summed E-state index contributed by atoms with van der Waals surface area (Å²) in [5, 5.41) is 6.10. The number of hydrogen-bond donors (Lipinski definition) is 2. The number of anilines is 2. The van der Waals surface area contributed by atoms with Gasteiger partial charge >= 0.3 is 7.55 Å². The van der Waals surface area contributed by atoms with Gasteiger partial charge in [-0.2, -0.15) is 0 Å². The van der Waals surface area contributed by atoms with Gasteiger partial charge in [-0.15, -0.1) is 0 Å². The minimum Gasteiger partial charge on any atom is -0.345 e. The number of benzene rings is 5. The quantitative estimate of drug-likeness (QED) is 0.120. The predicted molar refractivity (Wildman–Crippen MR) is 223 cm³/mol. The smallest absolute Gasteiger partial charge is 0.345 e. The van der Waals surface area contributed by atoms with Gasteiger partial charge in [0.25, 0.3) is 11.8 Å². The van der Waals surface area contributed by atoms with E-state index in [0.29, 0.717) is 11.1 Å². The summed E-state index contributed by atoms with van der Waals surface area (Å²) in [6.45, 7) is 11.9. The summed E-state index contributed by atoms with van der Waals surface area (Å²) in [5.74, 6) is -0.220. The molecule has 0 saturated heterocycles. The molecule has 53 heavy (non-hydrogen) atoms. The van der Waals surface area contributed by atoms with Crippen LogP contribution >= 0.6 is 0 Å². The van der Waals surface area contributed by atoms with Gasteiger partial charge in [0, 0.05) is 38.9 Å². The highest BCUT2D eigenvalue weighted by Crippen LogP contribution is 2.36. The molecule has 0 radical (unpaired) electrons. The van der Waals surface area contributed by atoms with Crippen LogP contribution in [-0.4, -0.2) is 63.4 Å². The van der Waals surface area contributed by atoms with Crippen LogP contribution in [0.2, 0.25) is 0 Å². The number of amides is 2. The summed E-state index contributed by atoms with van der Waals surface area (Å²) < 4.78 is 1.76. The highest BCUT2D eigenvalue weighted by molar-refractivity contribution is 6.16. The highest BCUT2D eigenvalue weighted by atomic mass is 16.2. The Labute approximate surface area is 318 Å². The Morgan fingerprint density at radius 2 is 0.830 bits per heavy atom. The van der Waals surface area contributed by atoms with Gasteiger partial charge in [0.15, 0.2) is 0 Å². The van der Waals surface area contributed by atoms with E-state index < -0.39 is 0 Å². The highest BCUT2D eigenvalue weighted by Gasteiger charge is 2.32. The molecule has 5 aromatic rings. The third kappa shape index (κ3) is 9.92. The fraction of sp³-hybridized carbons (Fsp3) is 0.304. The fourth-order valence-electron chi connectivity index (χ4n) is 7.33. The molecule has 0 fully saturated rings. The first kappa shape index (κ1) is 39.2. The van der Waals surface area contributed by atoms with Gasteiger partial charge < -0.3 is 19.4 Å². The van der Waals surface area contributed by atoms with Crippen molar-refractivity contribution in [2.75, 3.05) is 45.9 Å². The van der Waals surface area contributed by atoms with Gasteiger partial charge in [0.2, 0.25) is 0 Å².